The number of hydrogen-bond donors (Lipinski definition) is 1. The van der Waals surface area contributed by atoms with Crippen molar-refractivity contribution in [2.24, 2.45) is 0 Å². The standard InChI is InChI=1S/C23H32N2O5S/c1-27-20-13-18(14-21(28-2)23(20)29-3)30-16-17(26)15-24-9-11-25(12-10-24)19-7-5-6-8-22(19)31-4/h5-8,13-14,17,26H,9-12,15-16H2,1-4H3. The zero-order valence-corrected chi connectivity index (χ0v) is 19.5. The number of anilines is 1. The van der Waals surface area contributed by atoms with Crippen molar-refractivity contribution in [3.63, 3.8) is 0 Å². The quantitative estimate of drug-likeness (QED) is 0.557. The highest BCUT2D eigenvalue weighted by Crippen LogP contribution is 2.40. The lowest BCUT2D eigenvalue weighted by molar-refractivity contribution is 0.0661. The first kappa shape index (κ1) is 23.4. The molecule has 1 saturated heterocycles. The van der Waals surface area contributed by atoms with Crippen LogP contribution in [0.15, 0.2) is 41.3 Å². The maximum absolute atomic E-state index is 10.5. The smallest absolute Gasteiger partial charge is 0.203 e. The van der Waals surface area contributed by atoms with Crippen LogP contribution in [0.25, 0.3) is 0 Å². The molecule has 3 rings (SSSR count). The number of thioether (sulfide) groups is 1. The fourth-order valence-corrected chi connectivity index (χ4v) is 4.37. The van der Waals surface area contributed by atoms with Crippen LogP contribution in [0.3, 0.4) is 0 Å². The van der Waals surface area contributed by atoms with Gasteiger partial charge in [0.25, 0.3) is 0 Å². The summed E-state index contributed by atoms with van der Waals surface area (Å²) in [7, 11) is 4.68. The fourth-order valence-electron chi connectivity index (χ4n) is 3.75. The number of aliphatic hydroxyl groups is 1. The third kappa shape index (κ3) is 5.90. The van der Waals surface area contributed by atoms with Gasteiger partial charge in [-0.05, 0) is 18.4 Å². The van der Waals surface area contributed by atoms with Gasteiger partial charge in [0, 0.05) is 49.8 Å². The Morgan fingerprint density at radius 2 is 1.61 bits per heavy atom. The number of β-amino-alcohol motifs (C(OH)–C–C–N with tert-alkyl or cyclic N) is 1. The summed E-state index contributed by atoms with van der Waals surface area (Å²) in [5.41, 5.74) is 1.29. The number of rotatable bonds is 10. The van der Waals surface area contributed by atoms with Crippen molar-refractivity contribution < 1.29 is 24.1 Å². The van der Waals surface area contributed by atoms with Gasteiger partial charge in [-0.25, -0.2) is 0 Å². The summed E-state index contributed by atoms with van der Waals surface area (Å²) >= 11 is 1.77. The number of aliphatic hydroxyl groups excluding tert-OH is 1. The number of methoxy groups -OCH3 is 3. The first-order valence-electron chi connectivity index (χ1n) is 10.3. The Kier molecular flexibility index (Phi) is 8.57. The molecule has 0 radical (unpaired) electrons. The van der Waals surface area contributed by atoms with E-state index < -0.39 is 6.10 Å². The van der Waals surface area contributed by atoms with Gasteiger partial charge in [-0.3, -0.25) is 4.90 Å². The van der Waals surface area contributed by atoms with E-state index >= 15 is 0 Å². The zero-order chi connectivity index (χ0) is 22.2. The van der Waals surface area contributed by atoms with E-state index in [-0.39, 0.29) is 6.61 Å². The lowest BCUT2D eigenvalue weighted by Gasteiger charge is -2.37. The van der Waals surface area contributed by atoms with Crippen LogP contribution in [0.1, 0.15) is 0 Å². The number of ether oxygens (including phenoxy) is 4. The summed E-state index contributed by atoms with van der Waals surface area (Å²) in [5, 5.41) is 10.5. The van der Waals surface area contributed by atoms with Crippen LogP contribution in [0, 0.1) is 0 Å². The molecule has 170 valence electrons. The van der Waals surface area contributed by atoms with Gasteiger partial charge in [0.15, 0.2) is 11.5 Å². The molecule has 0 bridgehead atoms. The Bertz CT molecular complexity index is 817. The molecule has 0 spiro atoms. The molecule has 1 unspecified atom stereocenters. The van der Waals surface area contributed by atoms with Crippen molar-refractivity contribution in [3.05, 3.63) is 36.4 Å². The Labute approximate surface area is 188 Å². The maximum atomic E-state index is 10.5. The second-order valence-electron chi connectivity index (χ2n) is 7.29. The minimum absolute atomic E-state index is 0.189. The van der Waals surface area contributed by atoms with Crippen molar-refractivity contribution in [2.75, 3.05) is 71.8 Å². The fraction of sp³-hybridized carbons (Fsp3) is 0.478. The lowest BCUT2D eigenvalue weighted by Crippen LogP contribution is -2.49. The number of para-hydroxylation sites is 1. The second-order valence-corrected chi connectivity index (χ2v) is 8.13. The predicted molar refractivity (Wildman–Crippen MR) is 124 cm³/mol. The Morgan fingerprint density at radius 1 is 0.968 bits per heavy atom. The molecule has 1 fully saturated rings. The van der Waals surface area contributed by atoms with Crippen LogP contribution in [-0.2, 0) is 0 Å². The molecule has 7 nitrogen and oxygen atoms in total. The van der Waals surface area contributed by atoms with Gasteiger partial charge >= 0.3 is 0 Å². The molecule has 0 amide bonds. The van der Waals surface area contributed by atoms with Gasteiger partial charge < -0.3 is 29.0 Å². The van der Waals surface area contributed by atoms with E-state index in [4.69, 9.17) is 18.9 Å². The van der Waals surface area contributed by atoms with Crippen LogP contribution >= 0.6 is 11.8 Å². The number of nitrogens with zero attached hydrogens (tertiary/aromatic N) is 2. The Balaban J connectivity index is 1.50. The molecule has 0 aromatic heterocycles. The number of hydrogen-bond acceptors (Lipinski definition) is 8. The van der Waals surface area contributed by atoms with Crippen LogP contribution in [0.2, 0.25) is 0 Å². The average Bonchev–Trinajstić information content (AvgIpc) is 2.82. The van der Waals surface area contributed by atoms with E-state index in [1.54, 1.807) is 45.2 Å². The molecule has 8 heteroatoms. The largest absolute Gasteiger partial charge is 0.493 e. The minimum Gasteiger partial charge on any atom is -0.493 e. The van der Waals surface area contributed by atoms with Gasteiger partial charge in [-0.15, -0.1) is 11.8 Å². The van der Waals surface area contributed by atoms with Crippen LogP contribution in [0.5, 0.6) is 23.0 Å². The van der Waals surface area contributed by atoms with Gasteiger partial charge in [-0.1, -0.05) is 12.1 Å². The first-order chi connectivity index (χ1) is 15.1. The highest BCUT2D eigenvalue weighted by atomic mass is 32.2. The van der Waals surface area contributed by atoms with E-state index in [2.05, 4.69) is 40.3 Å². The highest BCUT2D eigenvalue weighted by Gasteiger charge is 2.21. The summed E-state index contributed by atoms with van der Waals surface area (Å²) in [4.78, 5) is 6.00. The van der Waals surface area contributed by atoms with E-state index in [1.165, 1.54) is 10.6 Å². The second kappa shape index (κ2) is 11.4. The van der Waals surface area contributed by atoms with Crippen molar-refractivity contribution in [1.82, 2.24) is 4.90 Å². The average molecular weight is 449 g/mol. The predicted octanol–water partition coefficient (Wildman–Crippen LogP) is 3.00. The summed E-state index contributed by atoms with van der Waals surface area (Å²) in [6, 6.07) is 12.0. The highest BCUT2D eigenvalue weighted by molar-refractivity contribution is 7.98. The normalized spacial score (nSPS) is 15.5. The number of benzene rings is 2. The Hall–Kier alpha value is -2.29. The van der Waals surface area contributed by atoms with Crippen LogP contribution in [-0.4, -0.2) is 83.0 Å². The molecule has 2 aromatic rings. The maximum Gasteiger partial charge on any atom is 0.203 e. The third-order valence-electron chi connectivity index (χ3n) is 5.35. The molecular weight excluding hydrogens is 416 g/mol. The van der Waals surface area contributed by atoms with Crippen LogP contribution in [0.4, 0.5) is 5.69 Å². The van der Waals surface area contributed by atoms with Crippen LogP contribution < -0.4 is 23.8 Å². The van der Waals surface area contributed by atoms with E-state index in [1.807, 2.05) is 0 Å². The molecule has 1 N–H and O–H groups in total. The Morgan fingerprint density at radius 3 is 2.19 bits per heavy atom. The zero-order valence-electron chi connectivity index (χ0n) is 18.7. The first-order valence-corrected chi connectivity index (χ1v) is 11.5. The van der Waals surface area contributed by atoms with Crippen molar-refractivity contribution in [3.8, 4) is 23.0 Å². The molecule has 0 aliphatic carbocycles. The van der Waals surface area contributed by atoms with Gasteiger partial charge in [-0.2, -0.15) is 0 Å². The molecule has 0 saturated carbocycles. The molecule has 1 atom stereocenters. The molecule has 1 aliphatic rings. The lowest BCUT2D eigenvalue weighted by atomic mass is 10.2. The molecule has 1 heterocycles. The molecule has 1 aliphatic heterocycles. The van der Waals surface area contributed by atoms with E-state index in [0.29, 0.717) is 29.5 Å². The molecule has 2 aromatic carbocycles. The van der Waals surface area contributed by atoms with Crippen molar-refractivity contribution in [2.45, 2.75) is 11.0 Å². The summed E-state index contributed by atoms with van der Waals surface area (Å²) in [6.07, 6.45) is 1.52. The SMILES string of the molecule is COc1cc(OCC(O)CN2CCN(c3ccccc3SC)CC2)cc(OC)c1OC. The van der Waals surface area contributed by atoms with E-state index in [0.717, 1.165) is 26.2 Å². The van der Waals surface area contributed by atoms with Gasteiger partial charge in [0.1, 0.15) is 18.5 Å². The monoisotopic (exact) mass is 448 g/mol. The topological polar surface area (TPSA) is 63.6 Å². The summed E-state index contributed by atoms with van der Waals surface area (Å²) in [6.45, 7) is 4.46. The van der Waals surface area contributed by atoms with Gasteiger partial charge in [0.2, 0.25) is 5.75 Å². The summed E-state index contributed by atoms with van der Waals surface area (Å²) < 4.78 is 21.8. The molecular formula is C23H32N2O5S. The molecule has 31 heavy (non-hydrogen) atoms. The van der Waals surface area contributed by atoms with E-state index in [9.17, 15) is 5.11 Å². The van der Waals surface area contributed by atoms with Gasteiger partial charge in [0.05, 0.1) is 27.0 Å². The minimum atomic E-state index is -0.593. The third-order valence-corrected chi connectivity index (χ3v) is 6.13. The summed E-state index contributed by atoms with van der Waals surface area (Å²) in [5.74, 6) is 2.12. The van der Waals surface area contributed by atoms with Crippen molar-refractivity contribution >= 4 is 17.4 Å². The van der Waals surface area contributed by atoms with Crippen molar-refractivity contribution in [1.29, 1.82) is 0 Å². The number of piperazine rings is 1.